The molecule has 3 aromatic rings. The fourth-order valence-electron chi connectivity index (χ4n) is 3.49. The standard InChI is InChI=1S/C20H15F2NO4/c21-12-4-1-3-11(9-12)17-16-18(25)14-10-13(22)5-6-15(14)27-19(16)20(26)23(17)7-2-8-24/h1,3-6,9-10,17,24H,2,7-8H2/t17-/m0/s1. The van der Waals surface area contributed by atoms with Crippen LogP contribution in [0.25, 0.3) is 11.0 Å². The van der Waals surface area contributed by atoms with E-state index >= 15 is 0 Å². The van der Waals surface area contributed by atoms with Gasteiger partial charge in [-0.25, -0.2) is 8.78 Å². The normalized spacial score (nSPS) is 16.2. The van der Waals surface area contributed by atoms with Crippen LogP contribution in [0.3, 0.4) is 0 Å². The summed E-state index contributed by atoms with van der Waals surface area (Å²) < 4.78 is 33.0. The van der Waals surface area contributed by atoms with Crippen molar-refractivity contribution >= 4 is 16.9 Å². The molecule has 2 aromatic carbocycles. The lowest BCUT2D eigenvalue weighted by molar-refractivity contribution is 0.0716. The lowest BCUT2D eigenvalue weighted by Crippen LogP contribution is -2.31. The Morgan fingerprint density at radius 1 is 1.07 bits per heavy atom. The molecule has 2 heterocycles. The molecular weight excluding hydrogens is 356 g/mol. The molecule has 0 bridgehead atoms. The van der Waals surface area contributed by atoms with E-state index in [1.54, 1.807) is 6.07 Å². The SMILES string of the molecule is O=C1c2oc3ccc(F)cc3c(=O)c2[C@H](c2cccc(F)c2)N1CCCO. The Kier molecular flexibility index (Phi) is 4.24. The van der Waals surface area contributed by atoms with Crippen LogP contribution in [0.5, 0.6) is 0 Å². The number of nitrogens with zero attached hydrogens (tertiary/aromatic N) is 1. The molecule has 1 N–H and O–H groups in total. The Morgan fingerprint density at radius 3 is 2.59 bits per heavy atom. The van der Waals surface area contributed by atoms with Gasteiger partial charge < -0.3 is 14.4 Å². The largest absolute Gasteiger partial charge is 0.450 e. The van der Waals surface area contributed by atoms with Gasteiger partial charge in [-0.15, -0.1) is 0 Å². The van der Waals surface area contributed by atoms with Gasteiger partial charge >= 0.3 is 0 Å². The third kappa shape index (κ3) is 2.80. The summed E-state index contributed by atoms with van der Waals surface area (Å²) in [5, 5.41) is 9.17. The van der Waals surface area contributed by atoms with Crippen molar-refractivity contribution in [2.45, 2.75) is 12.5 Å². The molecule has 0 spiro atoms. The molecule has 0 aliphatic carbocycles. The Bertz CT molecular complexity index is 1110. The molecule has 138 valence electrons. The molecule has 1 aromatic heterocycles. The summed E-state index contributed by atoms with van der Waals surface area (Å²) in [5.41, 5.74) is 0.0418. The van der Waals surface area contributed by atoms with Crippen molar-refractivity contribution in [3.8, 4) is 0 Å². The Labute approximate surface area is 152 Å². The number of hydrogen-bond donors (Lipinski definition) is 1. The van der Waals surface area contributed by atoms with Crippen LogP contribution in [0.1, 0.15) is 34.1 Å². The summed E-state index contributed by atoms with van der Waals surface area (Å²) >= 11 is 0. The number of halogens is 2. The zero-order valence-electron chi connectivity index (χ0n) is 14.1. The Hall–Kier alpha value is -3.06. The molecule has 5 nitrogen and oxygen atoms in total. The smallest absolute Gasteiger partial charge is 0.290 e. The van der Waals surface area contributed by atoms with Crippen molar-refractivity contribution in [3.05, 3.63) is 81.2 Å². The van der Waals surface area contributed by atoms with E-state index in [4.69, 9.17) is 9.52 Å². The van der Waals surface area contributed by atoms with Gasteiger partial charge in [-0.2, -0.15) is 0 Å². The molecular formula is C20H15F2NO4. The molecule has 7 heteroatoms. The number of aliphatic hydroxyl groups excluding tert-OH is 1. The second kappa shape index (κ2) is 6.59. The van der Waals surface area contributed by atoms with Crippen LogP contribution in [0, 0.1) is 11.6 Å². The molecule has 0 saturated heterocycles. The maximum Gasteiger partial charge on any atom is 0.290 e. The van der Waals surface area contributed by atoms with Crippen molar-refractivity contribution in [2.75, 3.05) is 13.2 Å². The quantitative estimate of drug-likeness (QED) is 0.765. The van der Waals surface area contributed by atoms with Gasteiger partial charge in [-0.05, 0) is 42.3 Å². The van der Waals surface area contributed by atoms with Gasteiger partial charge in [0.1, 0.15) is 17.2 Å². The van der Waals surface area contributed by atoms with Crippen LogP contribution in [-0.2, 0) is 0 Å². The highest BCUT2D eigenvalue weighted by atomic mass is 19.1. The number of benzene rings is 2. The number of amides is 1. The van der Waals surface area contributed by atoms with Crippen molar-refractivity contribution in [2.24, 2.45) is 0 Å². The molecule has 4 rings (SSSR count). The molecule has 0 radical (unpaired) electrons. The minimum atomic E-state index is -0.862. The Balaban J connectivity index is 1.99. The van der Waals surface area contributed by atoms with Crippen LogP contribution in [0.2, 0.25) is 0 Å². The maximum atomic E-state index is 13.8. The first-order valence-corrected chi connectivity index (χ1v) is 8.45. The van der Waals surface area contributed by atoms with E-state index in [2.05, 4.69) is 0 Å². The maximum absolute atomic E-state index is 13.8. The summed E-state index contributed by atoms with van der Waals surface area (Å²) in [7, 11) is 0. The topological polar surface area (TPSA) is 70.8 Å². The fraction of sp³-hybridized carbons (Fsp3) is 0.200. The first-order chi connectivity index (χ1) is 13.0. The third-order valence-electron chi connectivity index (χ3n) is 4.65. The highest BCUT2D eigenvalue weighted by Gasteiger charge is 2.42. The predicted octanol–water partition coefficient (Wildman–Crippen LogP) is 3.00. The first kappa shape index (κ1) is 17.4. The molecule has 1 amide bonds. The summed E-state index contributed by atoms with van der Waals surface area (Å²) in [5.74, 6) is -1.76. The van der Waals surface area contributed by atoms with E-state index in [9.17, 15) is 18.4 Å². The summed E-state index contributed by atoms with van der Waals surface area (Å²) in [6.45, 7) is 0.00934. The number of rotatable bonds is 4. The molecule has 0 unspecified atom stereocenters. The average molecular weight is 371 g/mol. The number of hydrogen-bond acceptors (Lipinski definition) is 4. The van der Waals surface area contributed by atoms with Gasteiger partial charge in [0, 0.05) is 13.2 Å². The zero-order valence-corrected chi connectivity index (χ0v) is 14.1. The number of carbonyl (C=O) groups excluding carboxylic acids is 1. The summed E-state index contributed by atoms with van der Waals surface area (Å²) in [6, 6.07) is 8.24. The van der Waals surface area contributed by atoms with Crippen LogP contribution in [0.15, 0.2) is 51.7 Å². The van der Waals surface area contributed by atoms with Crippen LogP contribution < -0.4 is 5.43 Å². The van der Waals surface area contributed by atoms with Crippen molar-refractivity contribution in [3.63, 3.8) is 0 Å². The van der Waals surface area contributed by atoms with Gasteiger partial charge in [0.15, 0.2) is 5.43 Å². The Morgan fingerprint density at radius 2 is 1.85 bits per heavy atom. The molecule has 1 aliphatic heterocycles. The molecule has 0 fully saturated rings. The first-order valence-electron chi connectivity index (χ1n) is 8.45. The van der Waals surface area contributed by atoms with Crippen LogP contribution in [0.4, 0.5) is 8.78 Å². The van der Waals surface area contributed by atoms with Gasteiger partial charge in [0.25, 0.3) is 5.91 Å². The highest BCUT2D eigenvalue weighted by Crippen LogP contribution is 2.38. The number of fused-ring (bicyclic) bond motifs is 2. The fourth-order valence-corrected chi connectivity index (χ4v) is 3.49. The number of carbonyl (C=O) groups is 1. The lowest BCUT2D eigenvalue weighted by atomic mass is 9.98. The highest BCUT2D eigenvalue weighted by molar-refractivity contribution is 5.99. The van der Waals surface area contributed by atoms with E-state index in [1.807, 2.05) is 0 Å². The monoisotopic (exact) mass is 371 g/mol. The number of aliphatic hydroxyl groups is 1. The lowest BCUT2D eigenvalue weighted by Gasteiger charge is -2.24. The minimum absolute atomic E-state index is 0.0203. The van der Waals surface area contributed by atoms with E-state index < -0.39 is 29.0 Å². The second-order valence-electron chi connectivity index (χ2n) is 6.35. The molecule has 27 heavy (non-hydrogen) atoms. The van der Waals surface area contributed by atoms with Gasteiger partial charge in [0.05, 0.1) is 17.0 Å². The minimum Gasteiger partial charge on any atom is -0.450 e. The summed E-state index contributed by atoms with van der Waals surface area (Å²) in [6.07, 6.45) is 0.286. The molecule has 0 saturated carbocycles. The average Bonchev–Trinajstić information content (AvgIpc) is 2.93. The summed E-state index contributed by atoms with van der Waals surface area (Å²) in [4.78, 5) is 27.3. The van der Waals surface area contributed by atoms with Gasteiger partial charge in [-0.3, -0.25) is 9.59 Å². The van der Waals surface area contributed by atoms with E-state index in [0.29, 0.717) is 5.56 Å². The van der Waals surface area contributed by atoms with Gasteiger partial charge in [-0.1, -0.05) is 12.1 Å². The van der Waals surface area contributed by atoms with Crippen molar-refractivity contribution in [1.29, 1.82) is 0 Å². The molecule has 1 aliphatic rings. The van der Waals surface area contributed by atoms with Gasteiger partial charge in [0.2, 0.25) is 5.76 Å². The second-order valence-corrected chi connectivity index (χ2v) is 6.35. The van der Waals surface area contributed by atoms with Crippen LogP contribution >= 0.6 is 0 Å². The molecule has 1 atom stereocenters. The van der Waals surface area contributed by atoms with Crippen molar-refractivity contribution < 1.29 is 23.1 Å². The third-order valence-corrected chi connectivity index (χ3v) is 4.65. The van der Waals surface area contributed by atoms with Crippen molar-refractivity contribution in [1.82, 2.24) is 4.90 Å². The van der Waals surface area contributed by atoms with E-state index in [0.717, 1.165) is 12.1 Å². The van der Waals surface area contributed by atoms with Crippen LogP contribution in [-0.4, -0.2) is 29.1 Å². The predicted molar refractivity (Wildman–Crippen MR) is 93.4 cm³/mol. The van der Waals surface area contributed by atoms with E-state index in [1.165, 1.54) is 29.2 Å². The van der Waals surface area contributed by atoms with E-state index in [-0.39, 0.29) is 41.9 Å². The zero-order chi connectivity index (χ0) is 19.1.